The minimum atomic E-state index is -0.489. The van der Waals surface area contributed by atoms with Crippen LogP contribution in [0.1, 0.15) is 37.3 Å². The number of para-hydroxylation sites is 1. The molecule has 6 rings (SSSR count). The van der Waals surface area contributed by atoms with E-state index in [0.717, 1.165) is 28.3 Å². The maximum Gasteiger partial charge on any atom is 0.308 e. The molecule has 0 fully saturated rings. The second kappa shape index (κ2) is 21.4. The van der Waals surface area contributed by atoms with Crippen LogP contribution < -0.4 is 9.75 Å². The van der Waals surface area contributed by atoms with E-state index >= 15 is 8.78 Å². The summed E-state index contributed by atoms with van der Waals surface area (Å²) in [5.41, 5.74) is 5.31. The van der Waals surface area contributed by atoms with Crippen LogP contribution in [0.5, 0.6) is 5.75 Å². The van der Waals surface area contributed by atoms with Crippen LogP contribution in [0.4, 0.5) is 13.9 Å². The second-order valence-electron chi connectivity index (χ2n) is 13.5. The molecule has 6 aromatic rings. The van der Waals surface area contributed by atoms with E-state index in [1.54, 1.807) is 66.7 Å². The number of hydrogen-bond donors (Lipinski definition) is 0. The van der Waals surface area contributed by atoms with Gasteiger partial charge in [-0.3, -0.25) is 9.59 Å². The highest BCUT2D eigenvalue weighted by Crippen LogP contribution is 2.34. The zero-order valence-corrected chi connectivity index (χ0v) is 34.1. The number of aryl methyl sites for hydroxylation is 1. The molecule has 8 nitrogen and oxygen atoms in total. The van der Waals surface area contributed by atoms with Gasteiger partial charge in [0.1, 0.15) is 17.4 Å². The molecule has 0 aliphatic heterocycles. The molecule has 1 amide bonds. The monoisotopic (exact) mass is 825 g/mol. The smallest absolute Gasteiger partial charge is 0.308 e. The van der Waals surface area contributed by atoms with Crippen molar-refractivity contribution >= 4 is 44.8 Å². The number of ether oxygens (including phenoxy) is 3. The summed E-state index contributed by atoms with van der Waals surface area (Å²) in [5.74, 6) is -1.05. The number of aromatic nitrogens is 1. The highest BCUT2D eigenvalue weighted by Gasteiger charge is 2.18. The Morgan fingerprint density at radius 3 is 2.28 bits per heavy atom. The molecule has 0 N–H and O–H groups in total. The molecule has 60 heavy (non-hydrogen) atoms. The van der Waals surface area contributed by atoms with Gasteiger partial charge in [-0.05, 0) is 96.1 Å². The SMILES string of the molecule is C=CCOCCC(=O)OCCCOc1ccc(-c2ccc(-c3ccc(-c4ccc(CC/C=C/C)cc4F)cc3/C=N/N(C(=O)C=C)c3nc4ccccc4s3)cc2F)cc1. The summed E-state index contributed by atoms with van der Waals surface area (Å²) in [6.07, 6.45) is 10.5. The van der Waals surface area contributed by atoms with Crippen molar-refractivity contribution in [3.05, 3.63) is 163 Å². The molecule has 11 heteroatoms. The lowest BCUT2D eigenvalue weighted by atomic mass is 9.93. The van der Waals surface area contributed by atoms with E-state index in [1.807, 2.05) is 55.5 Å². The number of carbonyl (C=O) groups excluding carboxylic acids is 2. The molecule has 0 atom stereocenters. The number of hydrazone groups is 1. The van der Waals surface area contributed by atoms with Crippen LogP contribution >= 0.6 is 11.3 Å². The van der Waals surface area contributed by atoms with Gasteiger partial charge in [-0.1, -0.05) is 96.8 Å². The minimum absolute atomic E-state index is 0.173. The van der Waals surface area contributed by atoms with Crippen molar-refractivity contribution in [3.8, 4) is 39.1 Å². The Balaban J connectivity index is 1.23. The number of amides is 1. The number of thiazole rings is 1. The number of allylic oxidation sites excluding steroid dienone is 2. The number of rotatable bonds is 20. The Labute approximate surface area is 352 Å². The zero-order valence-electron chi connectivity index (χ0n) is 33.3. The van der Waals surface area contributed by atoms with Crippen molar-refractivity contribution < 1.29 is 32.6 Å². The predicted molar refractivity (Wildman–Crippen MR) is 237 cm³/mol. The Bertz CT molecular complexity index is 2480. The number of hydrogen-bond acceptors (Lipinski definition) is 8. The molecule has 0 radical (unpaired) electrons. The average molecular weight is 826 g/mol. The van der Waals surface area contributed by atoms with Crippen LogP contribution in [0.15, 0.2) is 146 Å². The van der Waals surface area contributed by atoms with E-state index in [2.05, 4.69) is 23.2 Å². The molecule has 0 aliphatic carbocycles. The number of esters is 1. The van der Waals surface area contributed by atoms with Gasteiger partial charge < -0.3 is 14.2 Å². The maximum atomic E-state index is 16.0. The fraction of sp³-hybridized carbons (Fsp3) is 0.184. The first kappa shape index (κ1) is 43.0. The molecule has 0 spiro atoms. The van der Waals surface area contributed by atoms with Crippen LogP contribution in [0.3, 0.4) is 0 Å². The standard InChI is InChI=1S/C49H45F2N3O5S/c1-4-7-8-12-34-15-22-42(43(50)30-34)36-18-23-40(38(31-36)33-52-54(47(55)6-3)49-53-45-13-9-10-14-46(45)60-49)37-19-24-41(44(51)32-37)35-16-20-39(21-17-35)58-27-11-28-59-48(56)25-29-57-26-5-2/h4-7,9-10,13-24,30-33H,2-3,8,11-12,25-29H2,1H3/b7-4+,52-33+. The molecule has 5 aromatic carbocycles. The second-order valence-corrected chi connectivity index (χ2v) is 14.6. The molecule has 306 valence electrons. The van der Waals surface area contributed by atoms with Crippen LogP contribution in [-0.2, 0) is 25.5 Å². The van der Waals surface area contributed by atoms with Crippen molar-refractivity contribution in [2.24, 2.45) is 5.10 Å². The van der Waals surface area contributed by atoms with Gasteiger partial charge in [0.05, 0.1) is 49.3 Å². The largest absolute Gasteiger partial charge is 0.493 e. The molecule has 1 heterocycles. The zero-order chi connectivity index (χ0) is 42.3. The molecule has 1 aromatic heterocycles. The molecule has 0 saturated carbocycles. The third kappa shape index (κ3) is 11.3. The first-order chi connectivity index (χ1) is 29.3. The van der Waals surface area contributed by atoms with E-state index in [0.29, 0.717) is 75.9 Å². The van der Waals surface area contributed by atoms with E-state index in [4.69, 9.17) is 14.2 Å². The number of benzene rings is 5. The summed E-state index contributed by atoms with van der Waals surface area (Å²) in [7, 11) is 0. The average Bonchev–Trinajstić information content (AvgIpc) is 3.69. The number of halogens is 2. The molecular weight excluding hydrogens is 781 g/mol. The van der Waals surface area contributed by atoms with Crippen molar-refractivity contribution in [3.63, 3.8) is 0 Å². The Kier molecular flexibility index (Phi) is 15.4. The summed E-state index contributed by atoms with van der Waals surface area (Å²) in [6.45, 7) is 10.4. The molecule has 0 saturated heterocycles. The Hall–Kier alpha value is -6.56. The number of carbonyl (C=O) groups is 2. The van der Waals surface area contributed by atoms with Crippen LogP contribution in [0.25, 0.3) is 43.6 Å². The number of nitrogens with zero attached hydrogens (tertiary/aromatic N) is 3. The number of anilines is 1. The van der Waals surface area contributed by atoms with Gasteiger partial charge in [0.15, 0.2) is 0 Å². The summed E-state index contributed by atoms with van der Waals surface area (Å²) >= 11 is 1.31. The fourth-order valence-corrected chi connectivity index (χ4v) is 7.23. The van der Waals surface area contributed by atoms with E-state index in [1.165, 1.54) is 28.6 Å². The Morgan fingerprint density at radius 2 is 1.55 bits per heavy atom. The summed E-state index contributed by atoms with van der Waals surface area (Å²) in [4.78, 5) is 29.5. The lowest BCUT2D eigenvalue weighted by Gasteiger charge is -2.14. The van der Waals surface area contributed by atoms with E-state index in [9.17, 15) is 9.59 Å². The van der Waals surface area contributed by atoms with Gasteiger partial charge in [0, 0.05) is 23.1 Å². The van der Waals surface area contributed by atoms with Crippen molar-refractivity contribution in [2.75, 3.05) is 31.4 Å². The molecule has 0 aliphatic rings. The summed E-state index contributed by atoms with van der Waals surface area (Å²) < 4.78 is 48.7. The summed E-state index contributed by atoms with van der Waals surface area (Å²) in [5, 5.41) is 6.10. The van der Waals surface area contributed by atoms with Crippen LogP contribution in [-0.4, -0.2) is 49.5 Å². The van der Waals surface area contributed by atoms with Gasteiger partial charge in [-0.15, -0.1) is 6.58 Å². The quantitative estimate of drug-likeness (QED) is 0.0190. The first-order valence-corrected chi connectivity index (χ1v) is 20.4. The number of fused-ring (bicyclic) bond motifs is 1. The Morgan fingerprint density at radius 1 is 0.833 bits per heavy atom. The van der Waals surface area contributed by atoms with Crippen LogP contribution in [0.2, 0.25) is 0 Å². The van der Waals surface area contributed by atoms with E-state index < -0.39 is 11.7 Å². The molecule has 0 bridgehead atoms. The van der Waals surface area contributed by atoms with Crippen molar-refractivity contribution in [1.29, 1.82) is 0 Å². The van der Waals surface area contributed by atoms with Gasteiger partial charge in [0.2, 0.25) is 5.13 Å². The molecular formula is C49H45F2N3O5S. The fourth-order valence-electron chi connectivity index (χ4n) is 6.30. The maximum absolute atomic E-state index is 16.0. The summed E-state index contributed by atoms with van der Waals surface area (Å²) in [6, 6.07) is 30.1. The van der Waals surface area contributed by atoms with Gasteiger partial charge in [-0.2, -0.15) is 10.1 Å². The van der Waals surface area contributed by atoms with Crippen molar-refractivity contribution in [2.45, 2.75) is 32.6 Å². The predicted octanol–water partition coefficient (Wildman–Crippen LogP) is 11.5. The van der Waals surface area contributed by atoms with Gasteiger partial charge in [0.25, 0.3) is 5.91 Å². The van der Waals surface area contributed by atoms with Crippen LogP contribution in [0, 0.1) is 11.6 Å². The third-order valence-corrected chi connectivity index (χ3v) is 10.4. The van der Waals surface area contributed by atoms with Gasteiger partial charge in [-0.25, -0.2) is 13.8 Å². The normalized spacial score (nSPS) is 11.3. The lowest BCUT2D eigenvalue weighted by Crippen LogP contribution is -2.23. The topological polar surface area (TPSA) is 90.3 Å². The van der Waals surface area contributed by atoms with Gasteiger partial charge >= 0.3 is 5.97 Å². The highest BCUT2D eigenvalue weighted by atomic mass is 32.1. The third-order valence-electron chi connectivity index (χ3n) is 9.34. The molecule has 0 unspecified atom stereocenters. The van der Waals surface area contributed by atoms with E-state index in [-0.39, 0.29) is 31.4 Å². The van der Waals surface area contributed by atoms with Crippen molar-refractivity contribution in [1.82, 2.24) is 4.98 Å². The highest BCUT2D eigenvalue weighted by molar-refractivity contribution is 7.22. The first-order valence-electron chi connectivity index (χ1n) is 19.6. The minimum Gasteiger partial charge on any atom is -0.493 e. The lowest BCUT2D eigenvalue weighted by molar-refractivity contribution is -0.145.